The molecular formula is C13H22N2O2. The van der Waals surface area contributed by atoms with Crippen molar-refractivity contribution in [3.8, 4) is 0 Å². The van der Waals surface area contributed by atoms with Crippen LogP contribution in [0.5, 0.6) is 0 Å². The van der Waals surface area contributed by atoms with Crippen LogP contribution in [0, 0.1) is 5.92 Å². The average molecular weight is 238 g/mol. The molecule has 0 aromatic heterocycles. The lowest BCUT2D eigenvalue weighted by atomic mass is 9.93. The topological polar surface area (TPSA) is 49.4 Å². The number of nitrogens with one attached hydrogen (secondary N) is 1. The van der Waals surface area contributed by atoms with Gasteiger partial charge >= 0.3 is 0 Å². The molecule has 2 saturated heterocycles. The lowest BCUT2D eigenvalue weighted by molar-refractivity contribution is -0.141. The Hall–Kier alpha value is -1.06. The Morgan fingerprint density at radius 3 is 2.88 bits per heavy atom. The van der Waals surface area contributed by atoms with Gasteiger partial charge in [0.05, 0.1) is 5.92 Å². The van der Waals surface area contributed by atoms with Gasteiger partial charge in [0.25, 0.3) is 0 Å². The van der Waals surface area contributed by atoms with Gasteiger partial charge in [0.15, 0.2) is 0 Å². The van der Waals surface area contributed by atoms with Gasteiger partial charge in [-0.25, -0.2) is 0 Å². The summed E-state index contributed by atoms with van der Waals surface area (Å²) < 4.78 is 0. The molecule has 0 bridgehead atoms. The van der Waals surface area contributed by atoms with Crippen molar-refractivity contribution in [2.45, 2.75) is 51.5 Å². The third kappa shape index (κ3) is 2.79. The highest BCUT2D eigenvalue weighted by Crippen LogP contribution is 2.23. The zero-order valence-corrected chi connectivity index (χ0v) is 10.6. The van der Waals surface area contributed by atoms with E-state index in [2.05, 4.69) is 17.1 Å². The van der Waals surface area contributed by atoms with Gasteiger partial charge in [0, 0.05) is 25.6 Å². The normalized spacial score (nSPS) is 29.9. The number of piperidine rings is 2. The molecule has 17 heavy (non-hydrogen) atoms. The molecule has 4 heteroatoms. The van der Waals surface area contributed by atoms with Gasteiger partial charge < -0.3 is 10.2 Å². The SMILES string of the molecule is CCC1CCCCN1C(=O)C1CCC(=O)NC1. The zero-order valence-electron chi connectivity index (χ0n) is 10.6. The number of nitrogens with zero attached hydrogens (tertiary/aromatic N) is 1. The molecule has 2 atom stereocenters. The first-order valence-corrected chi connectivity index (χ1v) is 6.79. The van der Waals surface area contributed by atoms with Crippen molar-refractivity contribution in [1.82, 2.24) is 10.2 Å². The molecule has 0 aromatic rings. The molecule has 96 valence electrons. The maximum atomic E-state index is 12.4. The average Bonchev–Trinajstić information content (AvgIpc) is 2.39. The van der Waals surface area contributed by atoms with Crippen molar-refractivity contribution in [2.24, 2.45) is 5.92 Å². The monoisotopic (exact) mass is 238 g/mol. The summed E-state index contributed by atoms with van der Waals surface area (Å²) in [5.41, 5.74) is 0. The summed E-state index contributed by atoms with van der Waals surface area (Å²) in [4.78, 5) is 25.6. The minimum absolute atomic E-state index is 0.0137. The van der Waals surface area contributed by atoms with Gasteiger partial charge in [0.1, 0.15) is 0 Å². The number of carbonyl (C=O) groups is 2. The van der Waals surface area contributed by atoms with E-state index >= 15 is 0 Å². The van der Waals surface area contributed by atoms with E-state index in [0.29, 0.717) is 19.0 Å². The van der Waals surface area contributed by atoms with Crippen molar-refractivity contribution in [3.63, 3.8) is 0 Å². The van der Waals surface area contributed by atoms with Crippen molar-refractivity contribution in [2.75, 3.05) is 13.1 Å². The Kier molecular flexibility index (Phi) is 4.02. The lowest BCUT2D eigenvalue weighted by Gasteiger charge is -2.38. The van der Waals surface area contributed by atoms with Crippen LogP contribution in [0.25, 0.3) is 0 Å². The highest BCUT2D eigenvalue weighted by molar-refractivity contribution is 5.84. The van der Waals surface area contributed by atoms with Gasteiger partial charge in [-0.3, -0.25) is 9.59 Å². The molecule has 0 saturated carbocycles. The summed E-state index contributed by atoms with van der Waals surface area (Å²) in [5.74, 6) is 0.358. The summed E-state index contributed by atoms with van der Waals surface area (Å²) in [6.45, 7) is 3.59. The quantitative estimate of drug-likeness (QED) is 0.788. The van der Waals surface area contributed by atoms with Gasteiger partial charge in [-0.15, -0.1) is 0 Å². The first-order valence-electron chi connectivity index (χ1n) is 6.79. The fourth-order valence-electron chi connectivity index (χ4n) is 2.89. The van der Waals surface area contributed by atoms with E-state index in [1.54, 1.807) is 0 Å². The highest BCUT2D eigenvalue weighted by atomic mass is 16.2. The van der Waals surface area contributed by atoms with Crippen LogP contribution in [-0.4, -0.2) is 35.8 Å². The zero-order chi connectivity index (χ0) is 12.3. The van der Waals surface area contributed by atoms with Crippen LogP contribution in [0.4, 0.5) is 0 Å². The minimum atomic E-state index is 0.0137. The van der Waals surface area contributed by atoms with E-state index in [1.807, 2.05) is 0 Å². The van der Waals surface area contributed by atoms with Gasteiger partial charge in [0.2, 0.25) is 11.8 Å². The van der Waals surface area contributed by atoms with Crippen LogP contribution in [-0.2, 0) is 9.59 Å². The Balaban J connectivity index is 1.95. The summed E-state index contributed by atoms with van der Waals surface area (Å²) in [5, 5.41) is 2.80. The molecule has 4 nitrogen and oxygen atoms in total. The third-order valence-corrected chi connectivity index (χ3v) is 4.00. The molecule has 2 heterocycles. The van der Waals surface area contributed by atoms with E-state index in [-0.39, 0.29) is 17.7 Å². The van der Waals surface area contributed by atoms with Crippen molar-refractivity contribution in [1.29, 1.82) is 0 Å². The second-order valence-electron chi connectivity index (χ2n) is 5.13. The molecule has 2 aliphatic rings. The van der Waals surface area contributed by atoms with Gasteiger partial charge in [-0.1, -0.05) is 6.92 Å². The number of carbonyl (C=O) groups excluding carboxylic acids is 2. The summed E-state index contributed by atoms with van der Waals surface area (Å²) in [6, 6.07) is 0.425. The first-order chi connectivity index (χ1) is 8.22. The van der Waals surface area contributed by atoms with Crippen molar-refractivity contribution < 1.29 is 9.59 Å². The standard InChI is InChI=1S/C13H22N2O2/c1-2-11-5-3-4-8-15(11)13(17)10-6-7-12(16)14-9-10/h10-11H,2-9H2,1H3,(H,14,16). The molecule has 0 radical (unpaired) electrons. The van der Waals surface area contributed by atoms with Gasteiger partial charge in [-0.05, 0) is 32.1 Å². The summed E-state index contributed by atoms with van der Waals surface area (Å²) in [6.07, 6.45) is 5.77. The van der Waals surface area contributed by atoms with Crippen molar-refractivity contribution >= 4 is 11.8 Å². The van der Waals surface area contributed by atoms with Crippen molar-refractivity contribution in [3.05, 3.63) is 0 Å². The van der Waals surface area contributed by atoms with Crippen LogP contribution in [0.3, 0.4) is 0 Å². The largest absolute Gasteiger partial charge is 0.355 e. The Morgan fingerprint density at radius 1 is 1.41 bits per heavy atom. The molecule has 0 aromatic carbocycles. The first kappa shape index (κ1) is 12.4. The molecule has 2 amide bonds. The van der Waals surface area contributed by atoms with Crippen LogP contribution >= 0.6 is 0 Å². The smallest absolute Gasteiger partial charge is 0.227 e. The van der Waals surface area contributed by atoms with E-state index in [4.69, 9.17) is 0 Å². The van der Waals surface area contributed by atoms with E-state index < -0.39 is 0 Å². The summed E-state index contributed by atoms with van der Waals surface area (Å²) in [7, 11) is 0. The molecule has 0 aliphatic carbocycles. The molecule has 2 aliphatic heterocycles. The fourth-order valence-corrected chi connectivity index (χ4v) is 2.89. The Labute approximate surface area is 103 Å². The lowest BCUT2D eigenvalue weighted by Crippen LogP contribution is -2.50. The predicted octanol–water partition coefficient (Wildman–Crippen LogP) is 1.30. The van der Waals surface area contributed by atoms with Crippen LogP contribution < -0.4 is 5.32 Å². The fraction of sp³-hybridized carbons (Fsp3) is 0.846. The number of likely N-dealkylation sites (tertiary alicyclic amines) is 1. The van der Waals surface area contributed by atoms with E-state index in [0.717, 1.165) is 32.2 Å². The Bertz CT molecular complexity index is 294. The maximum Gasteiger partial charge on any atom is 0.227 e. The van der Waals surface area contributed by atoms with E-state index in [9.17, 15) is 9.59 Å². The molecule has 0 spiro atoms. The number of hydrogen-bond acceptors (Lipinski definition) is 2. The molecule has 2 rings (SSSR count). The second kappa shape index (κ2) is 5.52. The highest BCUT2D eigenvalue weighted by Gasteiger charge is 2.32. The summed E-state index contributed by atoms with van der Waals surface area (Å²) >= 11 is 0. The van der Waals surface area contributed by atoms with Crippen LogP contribution in [0.2, 0.25) is 0 Å². The van der Waals surface area contributed by atoms with Crippen LogP contribution in [0.1, 0.15) is 45.4 Å². The third-order valence-electron chi connectivity index (χ3n) is 4.00. The van der Waals surface area contributed by atoms with Crippen LogP contribution in [0.15, 0.2) is 0 Å². The molecule has 2 fully saturated rings. The minimum Gasteiger partial charge on any atom is -0.355 e. The number of amides is 2. The van der Waals surface area contributed by atoms with Gasteiger partial charge in [-0.2, -0.15) is 0 Å². The number of hydrogen-bond donors (Lipinski definition) is 1. The molecular weight excluding hydrogens is 216 g/mol. The molecule has 2 unspecified atom stereocenters. The maximum absolute atomic E-state index is 12.4. The Morgan fingerprint density at radius 2 is 2.24 bits per heavy atom. The molecule has 1 N–H and O–H groups in total. The second-order valence-corrected chi connectivity index (χ2v) is 5.13. The number of rotatable bonds is 2. The predicted molar refractivity (Wildman–Crippen MR) is 65.4 cm³/mol. The van der Waals surface area contributed by atoms with E-state index in [1.165, 1.54) is 6.42 Å².